The summed E-state index contributed by atoms with van der Waals surface area (Å²) in [5.41, 5.74) is 0. The van der Waals surface area contributed by atoms with Crippen LogP contribution >= 0.6 is 0 Å². The zero-order valence-corrected chi connectivity index (χ0v) is 7.46. The molecule has 0 N–H and O–H groups in total. The zero-order valence-electron chi connectivity index (χ0n) is 7.46. The van der Waals surface area contributed by atoms with Gasteiger partial charge in [0, 0.05) is 0 Å². The average molecular weight is 170 g/mol. The van der Waals surface area contributed by atoms with Gasteiger partial charge in [-0.2, -0.15) is 0 Å². The lowest BCUT2D eigenvalue weighted by atomic mass is 11.0. The molecule has 0 heterocycles. The molecule has 74 valence electrons. The summed E-state index contributed by atoms with van der Waals surface area (Å²) in [7, 11) is 0. The third-order valence-electron chi connectivity index (χ3n) is 0. The minimum Gasteiger partial charge on any atom is -0.124 e. The Morgan fingerprint density at radius 2 is 0.417 bits per heavy atom. The van der Waals surface area contributed by atoms with Crippen molar-refractivity contribution in [3.8, 4) is 38.5 Å². The second kappa shape index (κ2) is 419. The molecule has 0 amide bonds. The number of rotatable bonds is 0. The molecule has 0 aromatic heterocycles. The molecule has 0 spiro atoms. The number of hydrogen-bond donors (Lipinski definition) is 0. The molecule has 0 saturated heterocycles. The van der Waals surface area contributed by atoms with Crippen molar-refractivity contribution in [2.45, 2.75) is 42.5 Å². The van der Waals surface area contributed by atoms with E-state index < -0.39 is 0 Å². The van der Waals surface area contributed by atoms with Crippen LogP contribution in [0.4, 0.5) is 0 Å². The van der Waals surface area contributed by atoms with Crippen molar-refractivity contribution in [2.24, 2.45) is 0 Å². The molecule has 0 unspecified atom stereocenters. The van der Waals surface area contributed by atoms with E-state index in [1.165, 1.54) is 0 Å². The molecular formula is C12H26. The molecule has 0 aromatic rings. The lowest BCUT2D eigenvalue weighted by Crippen LogP contribution is -0.856. The van der Waals surface area contributed by atoms with E-state index in [0.29, 0.717) is 0 Å². The van der Waals surface area contributed by atoms with Crippen LogP contribution in [-0.4, -0.2) is 0 Å². The van der Waals surface area contributed by atoms with Crippen molar-refractivity contribution in [3.63, 3.8) is 0 Å². The van der Waals surface area contributed by atoms with Crippen LogP contribution < -0.4 is 0 Å². The quantitative estimate of drug-likeness (QED) is 0.481. The second-order valence-corrected chi connectivity index (χ2v) is 0. The molecular weight excluding hydrogens is 144 g/mol. The summed E-state index contributed by atoms with van der Waals surface area (Å²) in [5.74, 6) is 0. The van der Waals surface area contributed by atoms with Gasteiger partial charge in [-0.1, -0.05) is 42.5 Å². The summed E-state index contributed by atoms with van der Waals surface area (Å²) in [5, 5.41) is 0. The molecule has 0 nitrogen and oxygen atoms in total. The van der Waals surface area contributed by atoms with Crippen LogP contribution in [0, 0.1) is 38.5 Å². The summed E-state index contributed by atoms with van der Waals surface area (Å²) in [6, 6.07) is 0. The Hall–Kier alpha value is -1.32. The highest BCUT2D eigenvalue weighted by Crippen LogP contribution is 1.15. The van der Waals surface area contributed by atoms with Gasteiger partial charge in [-0.3, -0.25) is 0 Å². The number of hydrogen-bond acceptors (Lipinski definition) is 0. The number of terminal acetylenes is 3. The van der Waals surface area contributed by atoms with Crippen LogP contribution in [0.25, 0.3) is 0 Å². The Bertz CT molecular complexity index is 28.5. The van der Waals surface area contributed by atoms with E-state index in [1.54, 1.807) is 0 Å². The van der Waals surface area contributed by atoms with Crippen molar-refractivity contribution in [3.05, 3.63) is 0 Å². The van der Waals surface area contributed by atoms with Crippen molar-refractivity contribution >= 4 is 0 Å². The van der Waals surface area contributed by atoms with Gasteiger partial charge in [-0.25, -0.2) is 0 Å². The maximum atomic E-state index is 4.00. The fourth-order valence-corrected chi connectivity index (χ4v) is 0. The Balaban J connectivity index is -0.00000000500. The topological polar surface area (TPSA) is 0 Å². The van der Waals surface area contributed by atoms with Crippen LogP contribution in [0.15, 0.2) is 0 Å². The molecule has 0 aliphatic rings. The first-order valence-corrected chi connectivity index (χ1v) is 3.00. The van der Waals surface area contributed by atoms with E-state index in [-0.39, 0.29) is 14.9 Å². The Morgan fingerprint density at radius 3 is 0.417 bits per heavy atom. The molecule has 0 heteroatoms. The third-order valence-corrected chi connectivity index (χ3v) is 0. The summed E-state index contributed by atoms with van der Waals surface area (Å²) < 4.78 is 0. The molecule has 12 heavy (non-hydrogen) atoms. The molecule has 0 atom stereocenters. The SMILES string of the molecule is C.C.C#C.C#C.C#C.CC.CC. The van der Waals surface area contributed by atoms with E-state index >= 15 is 0 Å². The normalized spacial score (nSPS) is 1.50. The van der Waals surface area contributed by atoms with E-state index in [9.17, 15) is 0 Å². The summed E-state index contributed by atoms with van der Waals surface area (Å²) in [6.07, 6.45) is 24.0. The Morgan fingerprint density at radius 1 is 0.417 bits per heavy atom. The van der Waals surface area contributed by atoms with Gasteiger partial charge in [0.05, 0.1) is 0 Å². The second-order valence-electron chi connectivity index (χ2n) is 0. The average Bonchev–Trinajstić information content (AvgIpc) is 2.20. The van der Waals surface area contributed by atoms with Gasteiger partial charge in [0.15, 0.2) is 0 Å². The highest BCUT2D eigenvalue weighted by atomic mass is 13.0. The van der Waals surface area contributed by atoms with Gasteiger partial charge in [0.1, 0.15) is 0 Å². The first kappa shape index (κ1) is 73.9. The molecule has 0 fully saturated rings. The molecule has 0 aromatic carbocycles. The minimum absolute atomic E-state index is 0. The lowest BCUT2D eigenvalue weighted by molar-refractivity contribution is 1.50. The van der Waals surface area contributed by atoms with Gasteiger partial charge in [0.25, 0.3) is 0 Å². The molecule has 0 aliphatic carbocycles. The van der Waals surface area contributed by atoms with Crippen LogP contribution in [0.5, 0.6) is 0 Å². The van der Waals surface area contributed by atoms with Crippen molar-refractivity contribution in [1.29, 1.82) is 0 Å². The van der Waals surface area contributed by atoms with Crippen molar-refractivity contribution < 1.29 is 0 Å². The Labute approximate surface area is 81.8 Å². The van der Waals surface area contributed by atoms with Gasteiger partial charge < -0.3 is 0 Å². The molecule has 0 bridgehead atoms. The van der Waals surface area contributed by atoms with E-state index in [0.717, 1.165) is 0 Å². The highest BCUT2D eigenvalue weighted by Gasteiger charge is 0.934. The smallest absolute Gasteiger partial charge is 0.0683 e. The van der Waals surface area contributed by atoms with Crippen LogP contribution in [0.1, 0.15) is 42.5 Å². The van der Waals surface area contributed by atoms with Gasteiger partial charge in [-0.15, -0.1) is 38.5 Å². The van der Waals surface area contributed by atoms with Crippen LogP contribution in [0.2, 0.25) is 0 Å². The van der Waals surface area contributed by atoms with Crippen molar-refractivity contribution in [2.75, 3.05) is 0 Å². The monoisotopic (exact) mass is 170 g/mol. The zero-order chi connectivity index (χ0) is 10.0. The van der Waals surface area contributed by atoms with E-state index in [2.05, 4.69) is 38.5 Å². The maximum absolute atomic E-state index is 4.00. The minimum atomic E-state index is 0. The van der Waals surface area contributed by atoms with E-state index in [4.69, 9.17) is 0 Å². The van der Waals surface area contributed by atoms with Gasteiger partial charge in [0.2, 0.25) is 0 Å². The third kappa shape index (κ3) is 294. The maximum Gasteiger partial charge on any atom is -0.0683 e. The van der Waals surface area contributed by atoms with Crippen molar-refractivity contribution in [1.82, 2.24) is 0 Å². The van der Waals surface area contributed by atoms with Gasteiger partial charge in [-0.05, 0) is 0 Å². The fourth-order valence-electron chi connectivity index (χ4n) is 0. The highest BCUT2D eigenvalue weighted by molar-refractivity contribution is 4.47. The standard InChI is InChI=1S/2C2H6.3C2H2.2CH4/c5*1-2;;/h2*1-2H3;3*1-2H;2*1H4. The van der Waals surface area contributed by atoms with E-state index in [1.807, 2.05) is 27.7 Å². The molecule has 0 aliphatic heterocycles. The predicted octanol–water partition coefficient (Wildman–Crippen LogP) is 4.07. The first-order valence-electron chi connectivity index (χ1n) is 3.00. The van der Waals surface area contributed by atoms with Gasteiger partial charge >= 0.3 is 0 Å². The first-order chi connectivity index (χ1) is 5.00. The largest absolute Gasteiger partial charge is 0.124 e. The van der Waals surface area contributed by atoms with Crippen LogP contribution in [0.3, 0.4) is 0 Å². The summed E-state index contributed by atoms with van der Waals surface area (Å²) >= 11 is 0. The predicted molar refractivity (Wildman–Crippen MR) is 65.8 cm³/mol. The molecule has 0 rings (SSSR count). The lowest BCUT2D eigenvalue weighted by Gasteiger charge is -1.07. The summed E-state index contributed by atoms with van der Waals surface area (Å²) in [4.78, 5) is 0. The fraction of sp³-hybridized carbons (Fsp3) is 0.500. The molecule has 0 radical (unpaired) electrons. The van der Waals surface area contributed by atoms with Crippen LogP contribution in [-0.2, 0) is 0 Å². The molecule has 0 saturated carbocycles. The summed E-state index contributed by atoms with van der Waals surface area (Å²) in [6.45, 7) is 8.00. The Kier molecular flexibility index (Phi) is 2580.